The van der Waals surface area contributed by atoms with Crippen molar-refractivity contribution in [2.24, 2.45) is 0 Å². The largest absolute Gasteiger partial charge is 0.497 e. The Morgan fingerprint density at radius 1 is 1.45 bits per heavy atom. The monoisotopic (exact) mass is 171 g/mol. The Hall–Kier alpha value is -0.890. The van der Waals surface area contributed by atoms with E-state index in [-0.39, 0.29) is 0 Å². The van der Waals surface area contributed by atoms with Crippen molar-refractivity contribution in [1.82, 2.24) is 0 Å². The first kappa shape index (κ1) is 8.21. The van der Waals surface area contributed by atoms with Crippen LogP contribution in [0.5, 0.6) is 5.75 Å². The summed E-state index contributed by atoms with van der Waals surface area (Å²) in [6, 6.07) is 3.49. The second-order valence-corrected chi connectivity index (χ2v) is 2.73. The summed E-state index contributed by atoms with van der Waals surface area (Å²) in [5, 5.41) is 0.641. The zero-order chi connectivity index (χ0) is 8.43. The molecule has 1 rings (SSSR count). The molecule has 11 heavy (non-hydrogen) atoms. The zero-order valence-electron chi connectivity index (χ0n) is 6.52. The molecule has 0 bridgehead atoms. The third-order valence-electron chi connectivity index (χ3n) is 1.59. The van der Waals surface area contributed by atoms with E-state index in [1.165, 1.54) is 0 Å². The number of hydrogen-bond acceptors (Lipinski definition) is 2. The lowest BCUT2D eigenvalue weighted by Gasteiger charge is -2.05. The first-order valence-corrected chi connectivity index (χ1v) is 3.62. The molecule has 0 aliphatic carbocycles. The molecule has 0 unspecified atom stereocenters. The van der Waals surface area contributed by atoms with Gasteiger partial charge in [-0.15, -0.1) is 0 Å². The fourth-order valence-corrected chi connectivity index (χ4v) is 1.01. The number of rotatable bonds is 1. The third kappa shape index (κ3) is 1.57. The Bertz CT molecular complexity index is 250. The number of nitrogens with two attached hydrogens (primary N) is 1. The number of anilines is 1. The molecule has 1 aromatic carbocycles. The second kappa shape index (κ2) is 3.01. The van der Waals surface area contributed by atoms with E-state index in [0.717, 1.165) is 5.56 Å². The van der Waals surface area contributed by atoms with E-state index >= 15 is 0 Å². The first-order chi connectivity index (χ1) is 5.15. The summed E-state index contributed by atoms with van der Waals surface area (Å²) in [7, 11) is 1.58. The van der Waals surface area contributed by atoms with Crippen molar-refractivity contribution in [2.45, 2.75) is 6.92 Å². The number of halogens is 1. The van der Waals surface area contributed by atoms with Crippen LogP contribution in [-0.4, -0.2) is 7.11 Å². The third-order valence-corrected chi connectivity index (χ3v) is 1.99. The molecule has 0 saturated carbocycles. The molecule has 3 heteroatoms. The van der Waals surface area contributed by atoms with Gasteiger partial charge in [0.1, 0.15) is 5.75 Å². The molecule has 60 valence electrons. The molecule has 0 amide bonds. The van der Waals surface area contributed by atoms with Crippen LogP contribution in [0.15, 0.2) is 12.1 Å². The van der Waals surface area contributed by atoms with Crippen LogP contribution in [0.1, 0.15) is 5.56 Å². The van der Waals surface area contributed by atoms with Gasteiger partial charge in [-0.1, -0.05) is 11.6 Å². The Morgan fingerprint density at radius 3 is 2.55 bits per heavy atom. The van der Waals surface area contributed by atoms with Crippen molar-refractivity contribution < 1.29 is 4.74 Å². The van der Waals surface area contributed by atoms with E-state index in [1.807, 2.05) is 6.92 Å². The van der Waals surface area contributed by atoms with Crippen molar-refractivity contribution in [1.29, 1.82) is 0 Å². The van der Waals surface area contributed by atoms with Crippen LogP contribution in [0, 0.1) is 6.92 Å². The van der Waals surface area contributed by atoms with Crippen LogP contribution in [0.3, 0.4) is 0 Å². The number of methoxy groups -OCH3 is 1. The first-order valence-electron chi connectivity index (χ1n) is 3.24. The van der Waals surface area contributed by atoms with Crippen LogP contribution in [0.4, 0.5) is 5.69 Å². The van der Waals surface area contributed by atoms with Crippen LogP contribution in [-0.2, 0) is 0 Å². The topological polar surface area (TPSA) is 35.2 Å². The van der Waals surface area contributed by atoms with Gasteiger partial charge in [-0.05, 0) is 18.6 Å². The van der Waals surface area contributed by atoms with Gasteiger partial charge in [0.2, 0.25) is 0 Å². The fourth-order valence-electron chi connectivity index (χ4n) is 0.792. The molecule has 0 fully saturated rings. The van der Waals surface area contributed by atoms with Gasteiger partial charge in [-0.3, -0.25) is 0 Å². The molecule has 0 aliphatic rings. The maximum absolute atomic E-state index is 5.84. The lowest BCUT2D eigenvalue weighted by molar-refractivity contribution is 0.415. The van der Waals surface area contributed by atoms with Gasteiger partial charge < -0.3 is 10.5 Å². The molecular formula is C8H10ClNO. The minimum absolute atomic E-state index is 0.641. The maximum atomic E-state index is 5.84. The molecule has 2 N–H and O–H groups in total. The molecule has 2 nitrogen and oxygen atoms in total. The van der Waals surface area contributed by atoms with Crippen molar-refractivity contribution in [3.63, 3.8) is 0 Å². The quantitative estimate of drug-likeness (QED) is 0.658. The average Bonchev–Trinajstić information content (AvgIpc) is 1.99. The number of ether oxygens (including phenoxy) is 1. The van der Waals surface area contributed by atoms with Crippen LogP contribution >= 0.6 is 11.6 Å². The summed E-state index contributed by atoms with van der Waals surface area (Å²) in [4.78, 5) is 0. The second-order valence-electron chi connectivity index (χ2n) is 2.32. The highest BCUT2D eigenvalue weighted by Gasteiger charge is 2.01. The molecular weight excluding hydrogens is 162 g/mol. The van der Waals surface area contributed by atoms with E-state index in [2.05, 4.69) is 0 Å². The molecule has 0 radical (unpaired) electrons. The summed E-state index contributed by atoms with van der Waals surface area (Å²) in [5.41, 5.74) is 7.19. The molecule has 0 saturated heterocycles. The van der Waals surface area contributed by atoms with Crippen molar-refractivity contribution in [3.05, 3.63) is 22.7 Å². The summed E-state index contributed by atoms with van der Waals surface area (Å²) >= 11 is 5.84. The standard InChI is InChI=1S/C8H10ClNO/c1-5-7(9)3-6(11-2)4-8(5)10/h3-4H,10H2,1-2H3. The van der Waals surface area contributed by atoms with Crippen molar-refractivity contribution in [3.8, 4) is 5.75 Å². The molecule has 1 aromatic rings. The number of nitrogen functional groups attached to an aromatic ring is 1. The molecule has 0 aliphatic heterocycles. The van der Waals surface area contributed by atoms with E-state index in [1.54, 1.807) is 19.2 Å². The lowest BCUT2D eigenvalue weighted by Crippen LogP contribution is -1.92. The van der Waals surface area contributed by atoms with Crippen LogP contribution in [0.2, 0.25) is 5.02 Å². The SMILES string of the molecule is COc1cc(N)c(C)c(Cl)c1. The zero-order valence-corrected chi connectivity index (χ0v) is 7.27. The molecule has 0 atom stereocenters. The Labute approximate surface area is 70.9 Å². The predicted octanol–water partition coefficient (Wildman–Crippen LogP) is 2.24. The van der Waals surface area contributed by atoms with Crippen LogP contribution in [0.25, 0.3) is 0 Å². The van der Waals surface area contributed by atoms with Gasteiger partial charge in [0.15, 0.2) is 0 Å². The predicted molar refractivity (Wildman–Crippen MR) is 47.2 cm³/mol. The summed E-state index contributed by atoms with van der Waals surface area (Å²) in [6.07, 6.45) is 0. The summed E-state index contributed by atoms with van der Waals surface area (Å²) in [5.74, 6) is 0.693. The van der Waals surface area contributed by atoms with Gasteiger partial charge in [-0.2, -0.15) is 0 Å². The minimum Gasteiger partial charge on any atom is -0.497 e. The van der Waals surface area contributed by atoms with Gasteiger partial charge in [0.25, 0.3) is 0 Å². The Kier molecular flexibility index (Phi) is 2.25. The molecule has 0 spiro atoms. The van der Waals surface area contributed by atoms with E-state index in [9.17, 15) is 0 Å². The fraction of sp³-hybridized carbons (Fsp3) is 0.250. The Balaban J connectivity index is 3.21. The average molecular weight is 172 g/mol. The number of hydrogen-bond donors (Lipinski definition) is 1. The highest BCUT2D eigenvalue weighted by atomic mass is 35.5. The van der Waals surface area contributed by atoms with E-state index < -0.39 is 0 Å². The Morgan fingerprint density at radius 2 is 2.09 bits per heavy atom. The smallest absolute Gasteiger partial charge is 0.122 e. The highest BCUT2D eigenvalue weighted by molar-refractivity contribution is 6.31. The minimum atomic E-state index is 0.641. The number of benzene rings is 1. The maximum Gasteiger partial charge on any atom is 0.122 e. The van der Waals surface area contributed by atoms with Crippen molar-refractivity contribution in [2.75, 3.05) is 12.8 Å². The van der Waals surface area contributed by atoms with E-state index in [4.69, 9.17) is 22.1 Å². The summed E-state index contributed by atoms with van der Waals surface area (Å²) in [6.45, 7) is 1.87. The molecule has 0 heterocycles. The van der Waals surface area contributed by atoms with E-state index in [0.29, 0.717) is 16.5 Å². The normalized spacial score (nSPS) is 9.73. The summed E-state index contributed by atoms with van der Waals surface area (Å²) < 4.78 is 4.97. The molecule has 0 aromatic heterocycles. The highest BCUT2D eigenvalue weighted by Crippen LogP contribution is 2.27. The lowest BCUT2D eigenvalue weighted by atomic mass is 10.2. The van der Waals surface area contributed by atoms with Gasteiger partial charge >= 0.3 is 0 Å². The van der Waals surface area contributed by atoms with Crippen LogP contribution < -0.4 is 10.5 Å². The van der Waals surface area contributed by atoms with Gasteiger partial charge in [-0.25, -0.2) is 0 Å². The van der Waals surface area contributed by atoms with Gasteiger partial charge in [0, 0.05) is 16.8 Å². The van der Waals surface area contributed by atoms with Crippen molar-refractivity contribution >= 4 is 17.3 Å². The van der Waals surface area contributed by atoms with Gasteiger partial charge in [0.05, 0.1) is 7.11 Å².